The highest BCUT2D eigenvalue weighted by Crippen LogP contribution is 2.36. The molecule has 2 heteroatoms. The molecule has 1 aromatic heterocycles. The fourth-order valence-electron chi connectivity index (χ4n) is 2.43. The van der Waals surface area contributed by atoms with Crippen LogP contribution >= 0.6 is 0 Å². The van der Waals surface area contributed by atoms with Crippen molar-refractivity contribution in [3.63, 3.8) is 0 Å². The van der Waals surface area contributed by atoms with Gasteiger partial charge < -0.3 is 5.73 Å². The molecular formula is C16H18N2. The summed E-state index contributed by atoms with van der Waals surface area (Å²) >= 11 is 0. The lowest BCUT2D eigenvalue weighted by Crippen LogP contribution is -2.08. The lowest BCUT2D eigenvalue weighted by Gasteiger charge is -2.25. The first-order chi connectivity index (χ1) is 8.74. The Kier molecular flexibility index (Phi) is 2.78. The average molecular weight is 238 g/mol. The smallest absolute Gasteiger partial charge is 0.126 e. The molecule has 0 spiro atoms. The number of nitrogens with zero attached hydrogens (tertiary/aromatic N) is 1. The molecule has 2 nitrogen and oxygen atoms in total. The van der Waals surface area contributed by atoms with Crippen LogP contribution in [0.2, 0.25) is 0 Å². The van der Waals surface area contributed by atoms with Gasteiger partial charge in [0.25, 0.3) is 0 Å². The first-order valence-corrected chi connectivity index (χ1v) is 6.56. The van der Waals surface area contributed by atoms with Crippen molar-refractivity contribution in [1.29, 1.82) is 0 Å². The quantitative estimate of drug-likeness (QED) is 0.861. The third-order valence-electron chi connectivity index (χ3n) is 3.94. The summed E-state index contributed by atoms with van der Waals surface area (Å²) in [6.07, 6.45) is 5.93. The number of anilines is 1. The number of nitrogen functional groups attached to an aromatic ring is 1. The maximum absolute atomic E-state index is 5.75. The van der Waals surface area contributed by atoms with Gasteiger partial charge in [0.2, 0.25) is 0 Å². The fraction of sp³-hybridized carbons (Fsp3) is 0.312. The van der Waals surface area contributed by atoms with Crippen molar-refractivity contribution in [3.05, 3.63) is 47.7 Å². The van der Waals surface area contributed by atoms with Crippen molar-refractivity contribution in [2.75, 3.05) is 5.73 Å². The van der Waals surface area contributed by atoms with Gasteiger partial charge in [-0.1, -0.05) is 30.7 Å². The van der Waals surface area contributed by atoms with E-state index in [0.717, 1.165) is 17.0 Å². The molecule has 1 aromatic carbocycles. The van der Waals surface area contributed by atoms with E-state index < -0.39 is 0 Å². The molecule has 1 saturated carbocycles. The maximum Gasteiger partial charge on any atom is 0.126 e. The number of hydrogen-bond acceptors (Lipinski definition) is 2. The number of aromatic nitrogens is 1. The zero-order valence-corrected chi connectivity index (χ0v) is 10.7. The van der Waals surface area contributed by atoms with Crippen molar-refractivity contribution in [3.8, 4) is 11.1 Å². The van der Waals surface area contributed by atoms with Gasteiger partial charge in [0, 0.05) is 11.8 Å². The molecule has 2 N–H and O–H groups in total. The molecule has 0 bridgehead atoms. The third-order valence-corrected chi connectivity index (χ3v) is 3.94. The largest absolute Gasteiger partial charge is 0.383 e. The Labute approximate surface area is 108 Å². The Morgan fingerprint density at radius 3 is 2.39 bits per heavy atom. The molecule has 0 amide bonds. The zero-order valence-electron chi connectivity index (χ0n) is 10.7. The van der Waals surface area contributed by atoms with Crippen LogP contribution in [0.15, 0.2) is 36.5 Å². The molecule has 1 fully saturated rings. The maximum atomic E-state index is 5.75. The summed E-state index contributed by atoms with van der Waals surface area (Å²) in [6, 6.07) is 11.0. The van der Waals surface area contributed by atoms with Gasteiger partial charge in [-0.15, -0.1) is 0 Å². The van der Waals surface area contributed by atoms with E-state index in [-0.39, 0.29) is 0 Å². The van der Waals surface area contributed by atoms with Crippen LogP contribution in [0.5, 0.6) is 0 Å². The van der Waals surface area contributed by atoms with Crippen molar-refractivity contribution in [2.45, 2.75) is 32.1 Å². The Balaban J connectivity index is 1.89. The molecule has 1 aliphatic carbocycles. The van der Waals surface area contributed by atoms with Crippen LogP contribution in [0.3, 0.4) is 0 Å². The van der Waals surface area contributed by atoms with Gasteiger partial charge in [0.15, 0.2) is 0 Å². The molecule has 0 saturated heterocycles. The van der Waals surface area contributed by atoms with Crippen LogP contribution in [0, 0.1) is 6.92 Å². The normalized spacial score (nSPS) is 15.4. The highest BCUT2D eigenvalue weighted by atomic mass is 14.8. The second-order valence-electron chi connectivity index (χ2n) is 5.18. The summed E-state index contributed by atoms with van der Waals surface area (Å²) in [5.41, 5.74) is 10.6. The number of nitrogens with two attached hydrogens (primary N) is 1. The van der Waals surface area contributed by atoms with Gasteiger partial charge >= 0.3 is 0 Å². The van der Waals surface area contributed by atoms with Crippen LogP contribution in [0.4, 0.5) is 5.82 Å². The van der Waals surface area contributed by atoms with E-state index in [0.29, 0.717) is 5.82 Å². The van der Waals surface area contributed by atoms with E-state index in [2.05, 4.69) is 35.3 Å². The van der Waals surface area contributed by atoms with Crippen molar-refractivity contribution in [2.24, 2.45) is 0 Å². The second kappa shape index (κ2) is 4.45. The summed E-state index contributed by atoms with van der Waals surface area (Å²) in [7, 11) is 0. The molecule has 92 valence electrons. The highest BCUT2D eigenvalue weighted by Gasteiger charge is 2.18. The van der Waals surface area contributed by atoms with Crippen molar-refractivity contribution in [1.82, 2.24) is 4.98 Å². The Morgan fingerprint density at radius 2 is 1.83 bits per heavy atom. The molecule has 1 aliphatic rings. The van der Waals surface area contributed by atoms with Crippen LogP contribution in [-0.4, -0.2) is 4.98 Å². The predicted molar refractivity (Wildman–Crippen MR) is 75.4 cm³/mol. The Morgan fingerprint density at radius 1 is 1.11 bits per heavy atom. The van der Waals surface area contributed by atoms with E-state index >= 15 is 0 Å². The lowest BCUT2D eigenvalue weighted by atomic mass is 9.80. The average Bonchev–Trinajstić information content (AvgIpc) is 2.32. The molecule has 3 rings (SSSR count). The number of aryl methyl sites for hydroxylation is 1. The molecule has 18 heavy (non-hydrogen) atoms. The summed E-state index contributed by atoms with van der Waals surface area (Å²) in [5, 5.41) is 0. The van der Waals surface area contributed by atoms with E-state index in [9.17, 15) is 0 Å². The van der Waals surface area contributed by atoms with Crippen LogP contribution in [0.25, 0.3) is 11.1 Å². The van der Waals surface area contributed by atoms with Gasteiger partial charge in [0.05, 0.1) is 0 Å². The minimum atomic E-state index is 0.616. The topological polar surface area (TPSA) is 38.9 Å². The fourth-order valence-corrected chi connectivity index (χ4v) is 2.43. The van der Waals surface area contributed by atoms with Crippen LogP contribution in [-0.2, 0) is 0 Å². The van der Waals surface area contributed by atoms with E-state index in [1.807, 2.05) is 13.1 Å². The standard InChI is InChI=1S/C16H18N2/c1-11-9-15(10-18-16(11)17)14-7-5-13(6-8-14)12-3-2-4-12/h5-10,12H,2-4H2,1H3,(H2,17,18). The van der Waals surface area contributed by atoms with Crippen molar-refractivity contribution >= 4 is 5.82 Å². The number of pyridine rings is 1. The van der Waals surface area contributed by atoms with Gasteiger partial charge in [0.1, 0.15) is 5.82 Å². The minimum absolute atomic E-state index is 0.616. The SMILES string of the molecule is Cc1cc(-c2ccc(C3CCC3)cc2)cnc1N. The van der Waals surface area contributed by atoms with E-state index in [4.69, 9.17) is 5.73 Å². The highest BCUT2D eigenvalue weighted by molar-refractivity contribution is 5.65. The third kappa shape index (κ3) is 1.99. The van der Waals surface area contributed by atoms with Crippen LogP contribution < -0.4 is 5.73 Å². The second-order valence-corrected chi connectivity index (χ2v) is 5.18. The summed E-state index contributed by atoms with van der Waals surface area (Å²) < 4.78 is 0. The van der Waals surface area contributed by atoms with Crippen molar-refractivity contribution < 1.29 is 0 Å². The van der Waals surface area contributed by atoms with Gasteiger partial charge in [-0.05, 0) is 48.4 Å². The molecular weight excluding hydrogens is 220 g/mol. The molecule has 0 unspecified atom stereocenters. The summed E-state index contributed by atoms with van der Waals surface area (Å²) in [4.78, 5) is 4.22. The Hall–Kier alpha value is -1.83. The number of benzene rings is 1. The monoisotopic (exact) mass is 238 g/mol. The van der Waals surface area contributed by atoms with E-state index in [1.165, 1.54) is 30.4 Å². The van der Waals surface area contributed by atoms with E-state index in [1.54, 1.807) is 0 Å². The number of hydrogen-bond donors (Lipinski definition) is 1. The minimum Gasteiger partial charge on any atom is -0.383 e. The van der Waals surface area contributed by atoms with Crippen LogP contribution in [0.1, 0.15) is 36.3 Å². The zero-order chi connectivity index (χ0) is 12.5. The first kappa shape index (κ1) is 11.3. The summed E-state index contributed by atoms with van der Waals surface area (Å²) in [5.74, 6) is 1.41. The lowest BCUT2D eigenvalue weighted by molar-refractivity contribution is 0.420. The molecule has 1 heterocycles. The Bertz CT molecular complexity index is 554. The van der Waals surface area contributed by atoms with Gasteiger partial charge in [-0.25, -0.2) is 4.98 Å². The predicted octanol–water partition coefficient (Wildman–Crippen LogP) is 3.91. The molecule has 2 aromatic rings. The first-order valence-electron chi connectivity index (χ1n) is 6.56. The van der Waals surface area contributed by atoms with Gasteiger partial charge in [-0.3, -0.25) is 0 Å². The molecule has 0 atom stereocenters. The number of rotatable bonds is 2. The van der Waals surface area contributed by atoms with Gasteiger partial charge in [-0.2, -0.15) is 0 Å². The molecule has 0 radical (unpaired) electrons. The molecule has 0 aliphatic heterocycles. The summed E-state index contributed by atoms with van der Waals surface area (Å²) in [6.45, 7) is 1.99.